The van der Waals surface area contributed by atoms with Gasteiger partial charge in [0.2, 0.25) is 11.1 Å². The lowest BCUT2D eigenvalue weighted by atomic mass is 10.3. The topological polar surface area (TPSA) is 110 Å². The first-order chi connectivity index (χ1) is 11.1. The fourth-order valence-electron chi connectivity index (χ4n) is 1.80. The van der Waals surface area contributed by atoms with Crippen LogP contribution < -0.4 is 5.32 Å². The Morgan fingerprint density at radius 2 is 2.17 bits per heavy atom. The van der Waals surface area contributed by atoms with E-state index in [1.807, 2.05) is 12.1 Å². The zero-order valence-corrected chi connectivity index (χ0v) is 13.3. The van der Waals surface area contributed by atoms with Crippen molar-refractivity contribution >= 4 is 23.5 Å². The summed E-state index contributed by atoms with van der Waals surface area (Å²) in [6.07, 6.45) is 3.36. The van der Waals surface area contributed by atoms with E-state index in [9.17, 15) is 4.79 Å². The summed E-state index contributed by atoms with van der Waals surface area (Å²) >= 11 is 1.25. The number of thioether (sulfide) groups is 1. The van der Waals surface area contributed by atoms with E-state index in [0.29, 0.717) is 22.6 Å². The van der Waals surface area contributed by atoms with Crippen molar-refractivity contribution in [1.82, 2.24) is 25.3 Å². The first-order valence-electron chi connectivity index (χ1n) is 6.85. The van der Waals surface area contributed by atoms with Gasteiger partial charge in [-0.2, -0.15) is 0 Å². The molecule has 1 atom stereocenters. The molecule has 8 nitrogen and oxygen atoms in total. The number of nitrogens with zero attached hydrogens (tertiary/aromatic N) is 4. The minimum Gasteiger partial charge on any atom is -0.360 e. The van der Waals surface area contributed by atoms with Crippen LogP contribution in [-0.4, -0.2) is 36.5 Å². The molecule has 0 bridgehead atoms. The van der Waals surface area contributed by atoms with Gasteiger partial charge >= 0.3 is 0 Å². The lowest BCUT2D eigenvalue weighted by molar-refractivity contribution is -0.115. The molecule has 23 heavy (non-hydrogen) atoms. The second-order valence-corrected chi connectivity index (χ2v) is 6.08. The Balaban J connectivity index is 1.62. The molecule has 0 aliphatic heterocycles. The SMILES string of the molecule is Cc1cc(NC(=O)[C@H](C)Sc2n[nH]c(-c3ccncc3)n2)no1. The highest BCUT2D eigenvalue weighted by Gasteiger charge is 2.18. The third-order valence-corrected chi connectivity index (χ3v) is 3.91. The van der Waals surface area contributed by atoms with Gasteiger partial charge in [0.15, 0.2) is 11.6 Å². The summed E-state index contributed by atoms with van der Waals surface area (Å²) in [6.45, 7) is 3.53. The first kappa shape index (κ1) is 15.2. The van der Waals surface area contributed by atoms with Crippen LogP contribution in [0.1, 0.15) is 12.7 Å². The van der Waals surface area contributed by atoms with E-state index >= 15 is 0 Å². The summed E-state index contributed by atoms with van der Waals surface area (Å²) in [5.41, 5.74) is 0.884. The van der Waals surface area contributed by atoms with Crippen molar-refractivity contribution in [3.05, 3.63) is 36.4 Å². The number of hydrogen-bond acceptors (Lipinski definition) is 7. The number of aromatic nitrogens is 5. The number of pyridine rings is 1. The van der Waals surface area contributed by atoms with Crippen molar-refractivity contribution < 1.29 is 9.32 Å². The number of H-pyrrole nitrogens is 1. The third-order valence-electron chi connectivity index (χ3n) is 2.95. The summed E-state index contributed by atoms with van der Waals surface area (Å²) in [5.74, 6) is 1.47. The van der Waals surface area contributed by atoms with Gasteiger partial charge in [0, 0.05) is 24.0 Å². The maximum absolute atomic E-state index is 12.1. The van der Waals surface area contributed by atoms with Gasteiger partial charge in [0.1, 0.15) is 5.76 Å². The van der Waals surface area contributed by atoms with Crippen molar-refractivity contribution in [2.75, 3.05) is 5.32 Å². The molecular weight excluding hydrogens is 316 g/mol. The molecule has 3 aromatic rings. The van der Waals surface area contributed by atoms with Gasteiger partial charge in [-0.3, -0.25) is 14.9 Å². The van der Waals surface area contributed by atoms with Gasteiger partial charge < -0.3 is 9.84 Å². The van der Waals surface area contributed by atoms with Crippen molar-refractivity contribution in [2.24, 2.45) is 0 Å². The van der Waals surface area contributed by atoms with Crippen molar-refractivity contribution in [1.29, 1.82) is 0 Å². The Morgan fingerprint density at radius 1 is 1.39 bits per heavy atom. The minimum atomic E-state index is -0.381. The Morgan fingerprint density at radius 3 is 2.87 bits per heavy atom. The number of carbonyl (C=O) groups excluding carboxylic acids is 1. The molecule has 3 rings (SSSR count). The van der Waals surface area contributed by atoms with Crippen LogP contribution in [0.15, 0.2) is 40.3 Å². The summed E-state index contributed by atoms with van der Waals surface area (Å²) < 4.78 is 4.91. The normalized spacial score (nSPS) is 12.1. The van der Waals surface area contributed by atoms with Crippen LogP contribution in [0.5, 0.6) is 0 Å². The molecule has 0 fully saturated rings. The highest BCUT2D eigenvalue weighted by atomic mass is 32.2. The number of hydrogen-bond donors (Lipinski definition) is 2. The Kier molecular flexibility index (Phi) is 4.38. The predicted octanol–water partition coefficient (Wildman–Crippen LogP) is 2.28. The summed E-state index contributed by atoms with van der Waals surface area (Å²) in [5, 5.41) is 13.5. The highest BCUT2D eigenvalue weighted by Crippen LogP contribution is 2.23. The summed E-state index contributed by atoms with van der Waals surface area (Å²) in [7, 11) is 0. The van der Waals surface area contributed by atoms with E-state index in [1.54, 1.807) is 32.3 Å². The van der Waals surface area contributed by atoms with Gasteiger partial charge in [-0.05, 0) is 26.0 Å². The van der Waals surface area contributed by atoms with Crippen LogP contribution in [0.4, 0.5) is 5.82 Å². The van der Waals surface area contributed by atoms with E-state index in [-0.39, 0.29) is 11.2 Å². The zero-order chi connectivity index (χ0) is 16.2. The van der Waals surface area contributed by atoms with E-state index in [1.165, 1.54) is 11.8 Å². The molecule has 0 radical (unpaired) electrons. The quantitative estimate of drug-likeness (QED) is 0.691. The molecule has 0 saturated heterocycles. The van der Waals surface area contributed by atoms with Crippen LogP contribution in [0, 0.1) is 6.92 Å². The van der Waals surface area contributed by atoms with Crippen LogP contribution in [0.25, 0.3) is 11.4 Å². The van der Waals surface area contributed by atoms with Gasteiger partial charge in [0.25, 0.3) is 0 Å². The summed E-state index contributed by atoms with van der Waals surface area (Å²) in [6, 6.07) is 5.32. The fraction of sp³-hybridized carbons (Fsp3) is 0.214. The lowest BCUT2D eigenvalue weighted by Gasteiger charge is -2.07. The Labute approximate surface area is 136 Å². The molecule has 2 N–H and O–H groups in total. The molecule has 118 valence electrons. The van der Waals surface area contributed by atoms with E-state index in [2.05, 4.69) is 30.6 Å². The van der Waals surface area contributed by atoms with E-state index < -0.39 is 0 Å². The molecule has 3 aromatic heterocycles. The Bertz CT molecular complexity index is 800. The predicted molar refractivity (Wildman–Crippen MR) is 84.8 cm³/mol. The van der Waals surface area contributed by atoms with Gasteiger partial charge in [-0.25, -0.2) is 4.98 Å². The van der Waals surface area contributed by atoms with Crippen molar-refractivity contribution in [3.8, 4) is 11.4 Å². The average Bonchev–Trinajstić information content (AvgIpc) is 3.17. The average molecular weight is 330 g/mol. The molecule has 9 heteroatoms. The maximum Gasteiger partial charge on any atom is 0.238 e. The second kappa shape index (κ2) is 6.61. The van der Waals surface area contributed by atoms with Crippen LogP contribution in [0.2, 0.25) is 0 Å². The van der Waals surface area contributed by atoms with Crippen LogP contribution in [0.3, 0.4) is 0 Å². The monoisotopic (exact) mass is 330 g/mol. The minimum absolute atomic E-state index is 0.196. The number of nitrogens with one attached hydrogen (secondary N) is 2. The number of aryl methyl sites for hydroxylation is 1. The molecule has 0 saturated carbocycles. The lowest BCUT2D eigenvalue weighted by Crippen LogP contribution is -2.22. The van der Waals surface area contributed by atoms with E-state index in [0.717, 1.165) is 5.56 Å². The molecule has 0 aliphatic carbocycles. The van der Waals surface area contributed by atoms with Crippen molar-refractivity contribution in [3.63, 3.8) is 0 Å². The number of rotatable bonds is 5. The number of aromatic amines is 1. The van der Waals surface area contributed by atoms with Crippen LogP contribution >= 0.6 is 11.8 Å². The largest absolute Gasteiger partial charge is 0.360 e. The fourth-order valence-corrected chi connectivity index (χ4v) is 2.53. The number of anilines is 1. The van der Waals surface area contributed by atoms with Gasteiger partial charge in [-0.15, -0.1) is 5.10 Å². The molecule has 3 heterocycles. The zero-order valence-electron chi connectivity index (χ0n) is 12.5. The third kappa shape index (κ3) is 3.75. The molecule has 0 unspecified atom stereocenters. The summed E-state index contributed by atoms with van der Waals surface area (Å²) in [4.78, 5) is 20.4. The Hall–Kier alpha value is -2.68. The van der Waals surface area contributed by atoms with Crippen LogP contribution in [-0.2, 0) is 4.79 Å². The highest BCUT2D eigenvalue weighted by molar-refractivity contribution is 8.00. The molecule has 0 aliphatic rings. The molecule has 0 spiro atoms. The first-order valence-corrected chi connectivity index (χ1v) is 7.73. The van der Waals surface area contributed by atoms with Crippen molar-refractivity contribution in [2.45, 2.75) is 24.3 Å². The van der Waals surface area contributed by atoms with Gasteiger partial charge in [-0.1, -0.05) is 16.9 Å². The smallest absolute Gasteiger partial charge is 0.238 e. The molecule has 1 amide bonds. The standard InChI is InChI=1S/C14H14N6O2S/c1-8-7-11(20-22-8)16-13(21)9(2)23-14-17-12(18-19-14)10-3-5-15-6-4-10/h3-7,9H,1-2H3,(H,16,20,21)(H,17,18,19)/t9-/m0/s1. The second-order valence-electron chi connectivity index (χ2n) is 4.77. The molecular formula is C14H14N6O2S. The van der Waals surface area contributed by atoms with E-state index in [4.69, 9.17) is 4.52 Å². The number of carbonyl (C=O) groups is 1. The number of amides is 1. The van der Waals surface area contributed by atoms with Gasteiger partial charge in [0.05, 0.1) is 5.25 Å². The maximum atomic E-state index is 12.1. The molecule has 0 aromatic carbocycles.